The Labute approximate surface area is 180 Å². The largest absolute Gasteiger partial charge is 0.493 e. The molecule has 0 bridgehead atoms. The van der Waals surface area contributed by atoms with Gasteiger partial charge in [-0.2, -0.15) is 0 Å². The van der Waals surface area contributed by atoms with E-state index in [1.165, 1.54) is 6.07 Å². The van der Waals surface area contributed by atoms with E-state index in [1.54, 1.807) is 33.3 Å². The van der Waals surface area contributed by atoms with Gasteiger partial charge in [0.25, 0.3) is 0 Å². The van der Waals surface area contributed by atoms with Gasteiger partial charge in [0.2, 0.25) is 0 Å². The van der Waals surface area contributed by atoms with E-state index in [9.17, 15) is 9.59 Å². The number of nitrogens with one attached hydrogen (secondary N) is 1. The molecule has 0 aliphatic rings. The van der Waals surface area contributed by atoms with Crippen LogP contribution in [0.1, 0.15) is 18.1 Å². The van der Waals surface area contributed by atoms with E-state index in [2.05, 4.69) is 10.2 Å². The molecule has 3 aromatic rings. The lowest BCUT2D eigenvalue weighted by Gasteiger charge is -2.19. The second-order valence-corrected chi connectivity index (χ2v) is 7.01. The summed E-state index contributed by atoms with van der Waals surface area (Å²) in [7, 11) is 5.17. The number of anilines is 1. The maximum absolute atomic E-state index is 12.1. The van der Waals surface area contributed by atoms with E-state index in [1.807, 2.05) is 31.3 Å². The highest BCUT2D eigenvalue weighted by Gasteiger charge is 2.12. The van der Waals surface area contributed by atoms with Crippen LogP contribution in [-0.2, 0) is 17.8 Å². The number of methoxy groups -OCH3 is 2. The fourth-order valence-corrected chi connectivity index (χ4v) is 3.36. The molecule has 0 aliphatic heterocycles. The summed E-state index contributed by atoms with van der Waals surface area (Å²) in [4.78, 5) is 25.8. The van der Waals surface area contributed by atoms with Crippen LogP contribution in [0.4, 0.5) is 10.5 Å². The van der Waals surface area contributed by atoms with Gasteiger partial charge in [-0.25, -0.2) is 9.59 Å². The van der Waals surface area contributed by atoms with Crippen LogP contribution in [0.3, 0.4) is 0 Å². The molecule has 8 heteroatoms. The van der Waals surface area contributed by atoms with Crippen molar-refractivity contribution in [3.63, 3.8) is 0 Å². The van der Waals surface area contributed by atoms with E-state index in [0.29, 0.717) is 35.9 Å². The number of benzene rings is 2. The maximum atomic E-state index is 12.1. The van der Waals surface area contributed by atoms with Crippen molar-refractivity contribution in [2.24, 2.45) is 0 Å². The first-order chi connectivity index (χ1) is 14.9. The van der Waals surface area contributed by atoms with Gasteiger partial charge in [0, 0.05) is 36.3 Å². The fourth-order valence-electron chi connectivity index (χ4n) is 3.36. The van der Waals surface area contributed by atoms with Crippen LogP contribution in [0.15, 0.2) is 51.7 Å². The molecule has 8 nitrogen and oxygen atoms in total. The summed E-state index contributed by atoms with van der Waals surface area (Å²) in [6.07, 6.45) is -0.560. The van der Waals surface area contributed by atoms with Gasteiger partial charge in [-0.15, -0.1) is 0 Å². The van der Waals surface area contributed by atoms with E-state index < -0.39 is 11.7 Å². The molecule has 2 aromatic carbocycles. The summed E-state index contributed by atoms with van der Waals surface area (Å²) in [6, 6.07) is 12.4. The second-order valence-electron chi connectivity index (χ2n) is 7.01. The van der Waals surface area contributed by atoms with Crippen LogP contribution in [0.5, 0.6) is 11.5 Å². The standard InChI is InChI=1S/C23H26N2O6/c1-5-30-23(27)24-17-7-8-18-16(11-22(26)31-20(18)12-17)14-25(2)13-15-6-9-19(28-3)21(10-15)29-4/h6-12H,5,13-14H2,1-4H3,(H,24,27). The van der Waals surface area contributed by atoms with Gasteiger partial charge in [0.05, 0.1) is 20.8 Å². The van der Waals surface area contributed by atoms with Crippen molar-refractivity contribution in [2.45, 2.75) is 20.0 Å². The number of hydrogen-bond donors (Lipinski definition) is 1. The lowest BCUT2D eigenvalue weighted by Crippen LogP contribution is -2.18. The zero-order valence-electron chi connectivity index (χ0n) is 18.1. The predicted octanol–water partition coefficient (Wildman–Crippen LogP) is 4.01. The van der Waals surface area contributed by atoms with Gasteiger partial charge in [-0.05, 0) is 49.4 Å². The second kappa shape index (κ2) is 9.99. The summed E-state index contributed by atoms with van der Waals surface area (Å²) in [5.41, 5.74) is 2.32. The topological polar surface area (TPSA) is 90.2 Å². The van der Waals surface area contributed by atoms with Gasteiger partial charge in [-0.3, -0.25) is 10.2 Å². The average Bonchev–Trinajstić information content (AvgIpc) is 2.73. The Morgan fingerprint density at radius 3 is 2.52 bits per heavy atom. The van der Waals surface area contributed by atoms with Crippen LogP contribution >= 0.6 is 0 Å². The highest BCUT2D eigenvalue weighted by Crippen LogP contribution is 2.28. The van der Waals surface area contributed by atoms with Crippen molar-refractivity contribution >= 4 is 22.7 Å². The highest BCUT2D eigenvalue weighted by atomic mass is 16.5. The number of hydrogen-bond acceptors (Lipinski definition) is 7. The molecule has 0 radical (unpaired) electrons. The third kappa shape index (κ3) is 5.55. The molecule has 0 saturated heterocycles. The fraction of sp³-hybridized carbons (Fsp3) is 0.304. The quantitative estimate of drug-likeness (QED) is 0.544. The number of fused-ring (bicyclic) bond motifs is 1. The van der Waals surface area contributed by atoms with E-state index in [0.717, 1.165) is 16.5 Å². The zero-order valence-corrected chi connectivity index (χ0v) is 18.1. The van der Waals surface area contributed by atoms with Gasteiger partial charge >= 0.3 is 11.7 Å². The number of nitrogens with zero attached hydrogens (tertiary/aromatic N) is 1. The lowest BCUT2D eigenvalue weighted by atomic mass is 10.1. The van der Waals surface area contributed by atoms with Crippen LogP contribution in [0, 0.1) is 0 Å². The van der Waals surface area contributed by atoms with Crippen LogP contribution in [0.2, 0.25) is 0 Å². The Morgan fingerprint density at radius 2 is 1.81 bits per heavy atom. The summed E-state index contributed by atoms with van der Waals surface area (Å²) in [5, 5.41) is 3.41. The Bertz CT molecular complexity index is 1120. The molecule has 0 saturated carbocycles. The minimum absolute atomic E-state index is 0.269. The van der Waals surface area contributed by atoms with Crippen molar-refractivity contribution < 1.29 is 23.4 Å². The SMILES string of the molecule is CCOC(=O)Nc1ccc2c(CN(C)Cc3ccc(OC)c(OC)c3)cc(=O)oc2c1. The third-order valence-electron chi connectivity index (χ3n) is 4.69. The molecule has 164 valence electrons. The Kier molecular flexibility index (Phi) is 7.15. The first-order valence-corrected chi connectivity index (χ1v) is 9.83. The molecule has 0 atom stereocenters. The smallest absolute Gasteiger partial charge is 0.411 e. The van der Waals surface area contributed by atoms with Gasteiger partial charge in [-0.1, -0.05) is 6.07 Å². The van der Waals surface area contributed by atoms with Crippen molar-refractivity contribution in [2.75, 3.05) is 33.2 Å². The lowest BCUT2D eigenvalue weighted by molar-refractivity contribution is 0.168. The van der Waals surface area contributed by atoms with Crippen molar-refractivity contribution in [3.05, 3.63) is 64.0 Å². The van der Waals surface area contributed by atoms with Gasteiger partial charge in [0.15, 0.2) is 11.5 Å². The van der Waals surface area contributed by atoms with Gasteiger partial charge < -0.3 is 18.6 Å². The van der Waals surface area contributed by atoms with Crippen molar-refractivity contribution in [1.82, 2.24) is 4.90 Å². The molecular formula is C23H26N2O6. The Morgan fingerprint density at radius 1 is 1.03 bits per heavy atom. The maximum Gasteiger partial charge on any atom is 0.411 e. The summed E-state index contributed by atoms with van der Waals surface area (Å²) in [6.45, 7) is 3.17. The highest BCUT2D eigenvalue weighted by molar-refractivity contribution is 5.89. The summed E-state index contributed by atoms with van der Waals surface area (Å²) < 4.78 is 20.9. The van der Waals surface area contributed by atoms with Crippen molar-refractivity contribution in [3.8, 4) is 11.5 Å². The van der Waals surface area contributed by atoms with Crippen molar-refractivity contribution in [1.29, 1.82) is 0 Å². The average molecular weight is 426 g/mol. The number of amides is 1. The minimum Gasteiger partial charge on any atom is -0.493 e. The zero-order chi connectivity index (χ0) is 22.4. The Hall–Kier alpha value is -3.52. The van der Waals surface area contributed by atoms with E-state index in [4.69, 9.17) is 18.6 Å². The Balaban J connectivity index is 1.80. The molecule has 0 spiro atoms. The monoisotopic (exact) mass is 426 g/mol. The third-order valence-corrected chi connectivity index (χ3v) is 4.69. The van der Waals surface area contributed by atoms with Crippen LogP contribution < -0.4 is 20.4 Å². The van der Waals surface area contributed by atoms with Gasteiger partial charge in [0.1, 0.15) is 5.58 Å². The van der Waals surface area contributed by atoms with Crippen LogP contribution in [0.25, 0.3) is 11.0 Å². The molecule has 0 aliphatic carbocycles. The number of carbonyl (C=O) groups excluding carboxylic acids is 1. The summed E-state index contributed by atoms with van der Waals surface area (Å²) in [5.74, 6) is 1.34. The van der Waals surface area contributed by atoms with E-state index in [-0.39, 0.29) is 6.61 Å². The molecule has 3 rings (SSSR count). The molecule has 1 heterocycles. The molecular weight excluding hydrogens is 400 g/mol. The molecule has 1 amide bonds. The first-order valence-electron chi connectivity index (χ1n) is 9.83. The summed E-state index contributed by atoms with van der Waals surface area (Å²) >= 11 is 0. The molecule has 0 unspecified atom stereocenters. The molecule has 0 fully saturated rings. The minimum atomic E-state index is -0.560. The predicted molar refractivity (Wildman–Crippen MR) is 118 cm³/mol. The molecule has 1 N–H and O–H groups in total. The van der Waals surface area contributed by atoms with Crippen LogP contribution in [-0.4, -0.2) is 38.9 Å². The molecule has 1 aromatic heterocycles. The molecule has 31 heavy (non-hydrogen) atoms. The number of rotatable bonds is 8. The van der Waals surface area contributed by atoms with E-state index >= 15 is 0 Å². The number of ether oxygens (including phenoxy) is 3. The first kappa shape index (κ1) is 22.2. The number of carbonyl (C=O) groups is 1. The normalized spacial score (nSPS) is 10.9.